The molecule has 1 aromatic carbocycles. The third-order valence-corrected chi connectivity index (χ3v) is 2.78. The molecule has 4 nitrogen and oxygen atoms in total. The van der Waals surface area contributed by atoms with E-state index in [-0.39, 0.29) is 11.8 Å². The Kier molecular flexibility index (Phi) is 5.89. The number of carbonyl (C=O) groups excluding carboxylic acids is 1. The summed E-state index contributed by atoms with van der Waals surface area (Å²) < 4.78 is 0. The van der Waals surface area contributed by atoms with Crippen molar-refractivity contribution in [3.8, 4) is 6.07 Å². The van der Waals surface area contributed by atoms with Crippen molar-refractivity contribution in [1.82, 2.24) is 0 Å². The lowest BCUT2D eigenvalue weighted by Crippen LogP contribution is -2.25. The molecule has 4 heteroatoms. The van der Waals surface area contributed by atoms with Crippen LogP contribution < -0.4 is 11.1 Å². The number of carbonyl (C=O) groups is 1. The largest absolute Gasteiger partial charge is 0.330 e. The number of benzene rings is 1. The molecule has 0 spiro atoms. The first-order chi connectivity index (χ1) is 8.71. The summed E-state index contributed by atoms with van der Waals surface area (Å²) in [6.45, 7) is 2.56. The number of hydrogen-bond donors (Lipinski definition) is 2. The van der Waals surface area contributed by atoms with Gasteiger partial charge in [0.15, 0.2) is 0 Å². The van der Waals surface area contributed by atoms with Gasteiger partial charge in [-0.3, -0.25) is 4.79 Å². The van der Waals surface area contributed by atoms with Crippen molar-refractivity contribution in [2.45, 2.75) is 26.2 Å². The van der Waals surface area contributed by atoms with Gasteiger partial charge in [0.05, 0.1) is 11.6 Å². The van der Waals surface area contributed by atoms with Crippen LogP contribution >= 0.6 is 0 Å². The molecule has 0 aromatic heterocycles. The van der Waals surface area contributed by atoms with E-state index in [1.807, 2.05) is 13.0 Å². The van der Waals surface area contributed by atoms with Crippen molar-refractivity contribution in [3.63, 3.8) is 0 Å². The van der Waals surface area contributed by atoms with E-state index in [1.54, 1.807) is 24.3 Å². The van der Waals surface area contributed by atoms with E-state index in [1.165, 1.54) is 0 Å². The van der Waals surface area contributed by atoms with Gasteiger partial charge in [0.1, 0.15) is 0 Å². The summed E-state index contributed by atoms with van der Waals surface area (Å²) in [6, 6.07) is 8.96. The molecular formula is C14H19N3O. The van der Waals surface area contributed by atoms with E-state index in [0.717, 1.165) is 12.8 Å². The highest BCUT2D eigenvalue weighted by molar-refractivity contribution is 5.92. The van der Waals surface area contributed by atoms with Gasteiger partial charge in [-0.15, -0.1) is 0 Å². The van der Waals surface area contributed by atoms with Crippen molar-refractivity contribution in [3.05, 3.63) is 29.8 Å². The predicted molar refractivity (Wildman–Crippen MR) is 71.9 cm³/mol. The molecule has 0 fully saturated rings. The Morgan fingerprint density at radius 3 is 2.89 bits per heavy atom. The molecule has 0 radical (unpaired) electrons. The minimum Gasteiger partial charge on any atom is -0.330 e. The molecule has 96 valence electrons. The van der Waals surface area contributed by atoms with Crippen LogP contribution in [0.15, 0.2) is 24.3 Å². The molecule has 3 N–H and O–H groups in total. The number of nitriles is 1. The standard InChI is InChI=1S/C14H19N3O/c1-2-4-12(7-8-15)14(18)17-13-6-3-5-11(9-13)10-16/h3,5-6,9,12H,2,4,7-8,15H2,1H3,(H,17,18). The van der Waals surface area contributed by atoms with Gasteiger partial charge < -0.3 is 11.1 Å². The Bertz CT molecular complexity index is 431. The highest BCUT2D eigenvalue weighted by atomic mass is 16.1. The van der Waals surface area contributed by atoms with Crippen LogP contribution in [-0.2, 0) is 4.79 Å². The van der Waals surface area contributed by atoms with Crippen LogP contribution in [0, 0.1) is 17.2 Å². The predicted octanol–water partition coefficient (Wildman–Crippen LogP) is 2.26. The van der Waals surface area contributed by atoms with E-state index in [2.05, 4.69) is 5.32 Å². The van der Waals surface area contributed by atoms with Crippen LogP contribution in [-0.4, -0.2) is 12.5 Å². The van der Waals surface area contributed by atoms with Crippen LogP contribution in [0.25, 0.3) is 0 Å². The van der Waals surface area contributed by atoms with Crippen molar-refractivity contribution in [1.29, 1.82) is 5.26 Å². The SMILES string of the molecule is CCCC(CCN)C(=O)Nc1cccc(C#N)c1. The Morgan fingerprint density at radius 2 is 2.28 bits per heavy atom. The van der Waals surface area contributed by atoms with Gasteiger partial charge in [-0.1, -0.05) is 19.4 Å². The van der Waals surface area contributed by atoms with E-state index < -0.39 is 0 Å². The zero-order chi connectivity index (χ0) is 13.4. The smallest absolute Gasteiger partial charge is 0.227 e. The van der Waals surface area contributed by atoms with E-state index in [0.29, 0.717) is 24.2 Å². The average molecular weight is 245 g/mol. The average Bonchev–Trinajstić information content (AvgIpc) is 2.38. The molecular weight excluding hydrogens is 226 g/mol. The summed E-state index contributed by atoms with van der Waals surface area (Å²) in [5, 5.41) is 11.6. The minimum atomic E-state index is -0.0502. The monoisotopic (exact) mass is 245 g/mol. The zero-order valence-corrected chi connectivity index (χ0v) is 10.6. The Hall–Kier alpha value is -1.86. The fourth-order valence-corrected chi connectivity index (χ4v) is 1.87. The summed E-state index contributed by atoms with van der Waals surface area (Å²) in [5.74, 6) is -0.0665. The van der Waals surface area contributed by atoms with Crippen LogP contribution in [0.1, 0.15) is 31.7 Å². The Balaban J connectivity index is 2.69. The summed E-state index contributed by atoms with van der Waals surface area (Å²) in [5.41, 5.74) is 6.72. The van der Waals surface area contributed by atoms with E-state index in [9.17, 15) is 4.79 Å². The van der Waals surface area contributed by atoms with Crippen LogP contribution in [0.3, 0.4) is 0 Å². The van der Waals surface area contributed by atoms with E-state index >= 15 is 0 Å². The minimum absolute atomic E-state index is 0.0163. The third kappa shape index (κ3) is 4.19. The first-order valence-electron chi connectivity index (χ1n) is 6.22. The second-order valence-corrected chi connectivity index (χ2v) is 4.24. The number of nitrogens with one attached hydrogen (secondary N) is 1. The number of hydrogen-bond acceptors (Lipinski definition) is 3. The molecule has 1 amide bonds. The summed E-state index contributed by atoms with van der Waals surface area (Å²) >= 11 is 0. The number of amides is 1. The number of anilines is 1. The molecule has 0 saturated heterocycles. The molecule has 1 unspecified atom stereocenters. The maximum atomic E-state index is 12.0. The fraction of sp³-hybridized carbons (Fsp3) is 0.429. The highest BCUT2D eigenvalue weighted by Gasteiger charge is 2.16. The maximum Gasteiger partial charge on any atom is 0.227 e. The molecule has 1 atom stereocenters. The quantitative estimate of drug-likeness (QED) is 0.806. The van der Waals surface area contributed by atoms with Gasteiger partial charge in [0.25, 0.3) is 0 Å². The molecule has 0 bridgehead atoms. The van der Waals surface area contributed by atoms with Gasteiger partial charge in [-0.25, -0.2) is 0 Å². The molecule has 1 aromatic rings. The van der Waals surface area contributed by atoms with Gasteiger partial charge in [0.2, 0.25) is 5.91 Å². The maximum absolute atomic E-state index is 12.0. The normalized spacial score (nSPS) is 11.6. The van der Waals surface area contributed by atoms with Gasteiger partial charge >= 0.3 is 0 Å². The van der Waals surface area contributed by atoms with Crippen molar-refractivity contribution in [2.75, 3.05) is 11.9 Å². The van der Waals surface area contributed by atoms with Gasteiger partial charge in [0, 0.05) is 11.6 Å². The van der Waals surface area contributed by atoms with Crippen LogP contribution in [0.2, 0.25) is 0 Å². The lowest BCUT2D eigenvalue weighted by atomic mass is 9.99. The summed E-state index contributed by atoms with van der Waals surface area (Å²) in [6.07, 6.45) is 2.48. The second kappa shape index (κ2) is 7.46. The van der Waals surface area contributed by atoms with Crippen molar-refractivity contribution in [2.24, 2.45) is 11.7 Å². The fourth-order valence-electron chi connectivity index (χ4n) is 1.87. The van der Waals surface area contributed by atoms with Crippen LogP contribution in [0.4, 0.5) is 5.69 Å². The summed E-state index contributed by atoms with van der Waals surface area (Å²) in [4.78, 5) is 12.0. The van der Waals surface area contributed by atoms with Gasteiger partial charge in [-0.05, 0) is 37.6 Å². The molecule has 1 rings (SSSR count). The third-order valence-electron chi connectivity index (χ3n) is 2.78. The molecule has 18 heavy (non-hydrogen) atoms. The molecule has 0 aliphatic carbocycles. The van der Waals surface area contributed by atoms with E-state index in [4.69, 9.17) is 11.0 Å². The topological polar surface area (TPSA) is 78.9 Å². The molecule has 0 aliphatic heterocycles. The van der Waals surface area contributed by atoms with Crippen molar-refractivity contribution >= 4 is 11.6 Å². The Morgan fingerprint density at radius 1 is 1.50 bits per heavy atom. The summed E-state index contributed by atoms with van der Waals surface area (Å²) in [7, 11) is 0. The molecule has 0 aliphatic rings. The Labute approximate surface area is 108 Å². The first-order valence-corrected chi connectivity index (χ1v) is 6.22. The number of rotatable bonds is 6. The van der Waals surface area contributed by atoms with Crippen LogP contribution in [0.5, 0.6) is 0 Å². The lowest BCUT2D eigenvalue weighted by molar-refractivity contribution is -0.120. The first kappa shape index (κ1) is 14.2. The lowest BCUT2D eigenvalue weighted by Gasteiger charge is -2.15. The number of nitrogens with two attached hydrogens (primary N) is 1. The number of nitrogens with zero attached hydrogens (tertiary/aromatic N) is 1. The van der Waals surface area contributed by atoms with Crippen molar-refractivity contribution < 1.29 is 4.79 Å². The molecule has 0 saturated carbocycles. The molecule has 0 heterocycles. The van der Waals surface area contributed by atoms with Gasteiger partial charge in [-0.2, -0.15) is 5.26 Å². The second-order valence-electron chi connectivity index (χ2n) is 4.24. The zero-order valence-electron chi connectivity index (χ0n) is 10.6. The highest BCUT2D eigenvalue weighted by Crippen LogP contribution is 2.15.